The summed E-state index contributed by atoms with van der Waals surface area (Å²) in [6.45, 7) is 0. The monoisotopic (exact) mass is 245 g/mol. The van der Waals surface area contributed by atoms with Crippen LogP contribution in [0.4, 0.5) is 0 Å². The first-order valence-electron chi connectivity index (χ1n) is 7.12. The molecule has 2 heteroatoms. The van der Waals surface area contributed by atoms with Crippen LogP contribution in [0.5, 0.6) is 0 Å². The minimum absolute atomic E-state index is 0.253. The van der Waals surface area contributed by atoms with Crippen LogP contribution in [0, 0.1) is 0 Å². The van der Waals surface area contributed by atoms with E-state index in [-0.39, 0.29) is 6.10 Å². The Balaban J connectivity index is 1.84. The first-order chi connectivity index (χ1) is 8.86. The molecule has 1 heterocycles. The maximum atomic E-state index is 10.3. The number of rotatable bonds is 4. The molecule has 0 saturated carbocycles. The third kappa shape index (κ3) is 4.26. The fraction of sp³-hybridized carbons (Fsp3) is 0.562. The molecule has 2 nitrogen and oxygen atoms in total. The standard InChI is InChI=1S/C16H23NO/c18-16(9-8-14-10-12-17-13-11-14)15-6-4-2-1-3-5-7-15/h6,10-13,16,18H,1-5,7-9H2/b15-6+. The molecule has 1 N–H and O–H groups in total. The third-order valence-electron chi connectivity index (χ3n) is 3.71. The second-order valence-corrected chi connectivity index (χ2v) is 5.14. The zero-order chi connectivity index (χ0) is 12.6. The number of hydrogen-bond donors (Lipinski definition) is 1. The lowest BCUT2D eigenvalue weighted by Crippen LogP contribution is -2.12. The van der Waals surface area contributed by atoms with Gasteiger partial charge in [-0.05, 0) is 61.8 Å². The number of allylic oxidation sites excluding steroid dienone is 1. The Morgan fingerprint density at radius 3 is 2.72 bits per heavy atom. The molecular formula is C16H23NO. The molecule has 1 unspecified atom stereocenters. The van der Waals surface area contributed by atoms with Gasteiger partial charge < -0.3 is 5.11 Å². The molecule has 1 aliphatic carbocycles. The number of nitrogens with zero attached hydrogens (tertiary/aromatic N) is 1. The summed E-state index contributed by atoms with van der Waals surface area (Å²) in [5, 5.41) is 10.3. The van der Waals surface area contributed by atoms with Gasteiger partial charge in [0.05, 0.1) is 6.10 Å². The van der Waals surface area contributed by atoms with Gasteiger partial charge in [0.15, 0.2) is 0 Å². The second kappa shape index (κ2) is 7.32. The molecule has 1 atom stereocenters. The molecule has 18 heavy (non-hydrogen) atoms. The van der Waals surface area contributed by atoms with Gasteiger partial charge in [0.2, 0.25) is 0 Å². The van der Waals surface area contributed by atoms with Crippen molar-refractivity contribution in [1.82, 2.24) is 4.98 Å². The Bertz CT molecular complexity index is 372. The van der Waals surface area contributed by atoms with Crippen molar-refractivity contribution in [2.24, 2.45) is 0 Å². The fourth-order valence-corrected chi connectivity index (χ4v) is 2.56. The minimum atomic E-state index is -0.253. The van der Waals surface area contributed by atoms with E-state index in [4.69, 9.17) is 0 Å². The summed E-state index contributed by atoms with van der Waals surface area (Å²) in [7, 11) is 0. The second-order valence-electron chi connectivity index (χ2n) is 5.14. The SMILES string of the molecule is OC(CCc1ccncc1)/C1=C/CCCCCC1. The Kier molecular flexibility index (Phi) is 5.40. The van der Waals surface area contributed by atoms with Gasteiger partial charge in [-0.3, -0.25) is 4.98 Å². The first-order valence-corrected chi connectivity index (χ1v) is 7.12. The predicted octanol–water partition coefficient (Wildman–Crippen LogP) is 3.66. The summed E-state index contributed by atoms with van der Waals surface area (Å²) in [6, 6.07) is 4.05. The number of hydrogen-bond acceptors (Lipinski definition) is 2. The largest absolute Gasteiger partial charge is 0.389 e. The van der Waals surface area contributed by atoms with Crippen LogP contribution in [-0.2, 0) is 6.42 Å². The summed E-state index contributed by atoms with van der Waals surface area (Å²) in [6.07, 6.45) is 14.8. The number of aryl methyl sites for hydroxylation is 1. The lowest BCUT2D eigenvalue weighted by atomic mass is 9.93. The van der Waals surface area contributed by atoms with Crippen molar-refractivity contribution in [3.8, 4) is 0 Å². The Morgan fingerprint density at radius 2 is 1.89 bits per heavy atom. The average molecular weight is 245 g/mol. The molecule has 1 aliphatic rings. The number of aliphatic hydroxyl groups is 1. The van der Waals surface area contributed by atoms with E-state index in [1.807, 2.05) is 24.5 Å². The molecule has 0 amide bonds. The highest BCUT2D eigenvalue weighted by Crippen LogP contribution is 2.21. The van der Waals surface area contributed by atoms with E-state index in [1.165, 1.54) is 36.8 Å². The van der Waals surface area contributed by atoms with Crippen LogP contribution in [0.2, 0.25) is 0 Å². The van der Waals surface area contributed by atoms with Gasteiger partial charge in [0.25, 0.3) is 0 Å². The van der Waals surface area contributed by atoms with Crippen molar-refractivity contribution in [3.05, 3.63) is 41.7 Å². The third-order valence-corrected chi connectivity index (χ3v) is 3.71. The summed E-state index contributed by atoms with van der Waals surface area (Å²) in [4.78, 5) is 4.01. The average Bonchev–Trinajstić information content (AvgIpc) is 2.37. The molecule has 0 radical (unpaired) electrons. The maximum Gasteiger partial charge on any atom is 0.0753 e. The number of pyridine rings is 1. The van der Waals surface area contributed by atoms with E-state index < -0.39 is 0 Å². The van der Waals surface area contributed by atoms with E-state index in [2.05, 4.69) is 11.1 Å². The number of aliphatic hydroxyl groups excluding tert-OH is 1. The summed E-state index contributed by atoms with van der Waals surface area (Å²) < 4.78 is 0. The Morgan fingerprint density at radius 1 is 1.11 bits per heavy atom. The highest BCUT2D eigenvalue weighted by atomic mass is 16.3. The number of aromatic nitrogens is 1. The predicted molar refractivity (Wildman–Crippen MR) is 74.3 cm³/mol. The molecule has 0 fully saturated rings. The Hall–Kier alpha value is -1.15. The van der Waals surface area contributed by atoms with Gasteiger partial charge >= 0.3 is 0 Å². The van der Waals surface area contributed by atoms with Crippen molar-refractivity contribution in [1.29, 1.82) is 0 Å². The topological polar surface area (TPSA) is 33.1 Å². The summed E-state index contributed by atoms with van der Waals surface area (Å²) in [5.41, 5.74) is 2.53. The highest BCUT2D eigenvalue weighted by Gasteiger charge is 2.12. The summed E-state index contributed by atoms with van der Waals surface area (Å²) in [5.74, 6) is 0. The van der Waals surface area contributed by atoms with E-state index in [9.17, 15) is 5.11 Å². The molecule has 0 aromatic carbocycles. The first kappa shape index (κ1) is 13.3. The van der Waals surface area contributed by atoms with Crippen molar-refractivity contribution in [2.75, 3.05) is 0 Å². The van der Waals surface area contributed by atoms with Crippen molar-refractivity contribution >= 4 is 0 Å². The van der Waals surface area contributed by atoms with Gasteiger partial charge in [-0.15, -0.1) is 0 Å². The molecular weight excluding hydrogens is 222 g/mol. The van der Waals surface area contributed by atoms with Crippen LogP contribution in [0.1, 0.15) is 50.5 Å². The zero-order valence-corrected chi connectivity index (χ0v) is 11.0. The van der Waals surface area contributed by atoms with Crippen molar-refractivity contribution in [2.45, 2.75) is 57.5 Å². The van der Waals surface area contributed by atoms with Gasteiger partial charge in [0, 0.05) is 12.4 Å². The molecule has 98 valence electrons. The summed E-state index contributed by atoms with van der Waals surface area (Å²) >= 11 is 0. The van der Waals surface area contributed by atoms with E-state index >= 15 is 0 Å². The van der Waals surface area contributed by atoms with Crippen LogP contribution >= 0.6 is 0 Å². The fourth-order valence-electron chi connectivity index (χ4n) is 2.56. The zero-order valence-electron chi connectivity index (χ0n) is 11.0. The highest BCUT2D eigenvalue weighted by molar-refractivity contribution is 5.13. The molecule has 2 rings (SSSR count). The molecule has 0 spiro atoms. The molecule has 1 aromatic rings. The van der Waals surface area contributed by atoms with Gasteiger partial charge in [-0.2, -0.15) is 0 Å². The normalized spacial score (nSPS) is 21.5. The van der Waals surface area contributed by atoms with E-state index in [0.29, 0.717) is 0 Å². The van der Waals surface area contributed by atoms with Crippen molar-refractivity contribution < 1.29 is 5.11 Å². The lowest BCUT2D eigenvalue weighted by Gasteiger charge is -2.17. The van der Waals surface area contributed by atoms with Crippen molar-refractivity contribution in [3.63, 3.8) is 0 Å². The lowest BCUT2D eigenvalue weighted by molar-refractivity contribution is 0.195. The van der Waals surface area contributed by atoms with E-state index in [0.717, 1.165) is 25.7 Å². The minimum Gasteiger partial charge on any atom is -0.389 e. The van der Waals surface area contributed by atoms with Gasteiger partial charge in [-0.1, -0.05) is 18.9 Å². The molecule has 1 aromatic heterocycles. The van der Waals surface area contributed by atoms with E-state index in [1.54, 1.807) is 0 Å². The maximum absolute atomic E-state index is 10.3. The molecule has 0 saturated heterocycles. The van der Waals surface area contributed by atoms with Gasteiger partial charge in [0.1, 0.15) is 0 Å². The molecule has 0 aliphatic heterocycles. The van der Waals surface area contributed by atoms with Crippen LogP contribution < -0.4 is 0 Å². The smallest absolute Gasteiger partial charge is 0.0753 e. The Labute approximate surface area is 110 Å². The van der Waals surface area contributed by atoms with Crippen LogP contribution in [0.3, 0.4) is 0 Å². The molecule has 0 bridgehead atoms. The van der Waals surface area contributed by atoms with Crippen LogP contribution in [0.15, 0.2) is 36.2 Å². The van der Waals surface area contributed by atoms with Crippen LogP contribution in [-0.4, -0.2) is 16.2 Å². The van der Waals surface area contributed by atoms with Gasteiger partial charge in [-0.25, -0.2) is 0 Å². The quantitative estimate of drug-likeness (QED) is 0.821. The van der Waals surface area contributed by atoms with Crippen LogP contribution in [0.25, 0.3) is 0 Å².